The van der Waals surface area contributed by atoms with Crippen molar-refractivity contribution in [2.45, 2.75) is 37.4 Å². The predicted octanol–water partition coefficient (Wildman–Crippen LogP) is -0.0881. The number of benzene rings is 1. The fourth-order valence-corrected chi connectivity index (χ4v) is 4.71. The molecule has 0 bridgehead atoms. The van der Waals surface area contributed by atoms with Crippen LogP contribution in [-0.2, 0) is 9.59 Å². The van der Waals surface area contributed by atoms with Crippen molar-refractivity contribution in [3.8, 4) is 0 Å². The summed E-state index contributed by atoms with van der Waals surface area (Å²) in [5.74, 6) is 0.112. The molecule has 0 spiro atoms. The van der Waals surface area contributed by atoms with Crippen LogP contribution in [0, 0.1) is 0 Å². The highest BCUT2D eigenvalue weighted by atomic mass is 16.2. The van der Waals surface area contributed by atoms with Gasteiger partial charge in [-0.1, -0.05) is 18.2 Å². The lowest BCUT2D eigenvalue weighted by Crippen LogP contribution is -2.58. The molecule has 8 nitrogen and oxygen atoms in total. The Kier molecular flexibility index (Phi) is 6.34. The Bertz CT molecular complexity index is 778. The van der Waals surface area contributed by atoms with Crippen molar-refractivity contribution in [3.63, 3.8) is 0 Å². The lowest BCUT2D eigenvalue weighted by Gasteiger charge is -2.38. The maximum atomic E-state index is 12.6. The van der Waals surface area contributed by atoms with Crippen LogP contribution in [0.25, 0.3) is 0 Å². The summed E-state index contributed by atoms with van der Waals surface area (Å²) in [5.41, 5.74) is 0.626. The number of fused-ring (bicyclic) bond motifs is 1. The lowest BCUT2D eigenvalue weighted by molar-refractivity contribution is -0.133. The molecule has 3 fully saturated rings. The molecule has 162 valence electrons. The smallest absolute Gasteiger partial charge is 0.251 e. The van der Waals surface area contributed by atoms with Crippen LogP contribution in [0.1, 0.15) is 29.6 Å². The van der Waals surface area contributed by atoms with Gasteiger partial charge in [0.2, 0.25) is 11.8 Å². The van der Waals surface area contributed by atoms with Crippen LogP contribution in [0.3, 0.4) is 0 Å². The summed E-state index contributed by atoms with van der Waals surface area (Å²) in [5, 5.41) is 6.07. The number of piperazine rings is 2. The Hall–Kier alpha value is -2.45. The first kappa shape index (κ1) is 20.8. The van der Waals surface area contributed by atoms with E-state index >= 15 is 0 Å². The van der Waals surface area contributed by atoms with E-state index in [4.69, 9.17) is 0 Å². The summed E-state index contributed by atoms with van der Waals surface area (Å²) >= 11 is 0. The van der Waals surface area contributed by atoms with Gasteiger partial charge >= 0.3 is 0 Å². The minimum Gasteiger partial charge on any atom is -0.353 e. The molecule has 3 aliphatic heterocycles. The first-order valence-corrected chi connectivity index (χ1v) is 10.9. The zero-order valence-electron chi connectivity index (χ0n) is 17.5. The molecule has 1 aromatic carbocycles. The minimum absolute atomic E-state index is 0.0214. The Morgan fingerprint density at radius 1 is 1.13 bits per heavy atom. The van der Waals surface area contributed by atoms with Crippen LogP contribution >= 0.6 is 0 Å². The Morgan fingerprint density at radius 2 is 1.87 bits per heavy atom. The Labute approximate surface area is 177 Å². The lowest BCUT2D eigenvalue weighted by atomic mass is 10.0. The van der Waals surface area contributed by atoms with Crippen LogP contribution in [0.15, 0.2) is 30.3 Å². The monoisotopic (exact) mass is 413 g/mol. The average molecular weight is 414 g/mol. The summed E-state index contributed by atoms with van der Waals surface area (Å²) in [4.78, 5) is 43.9. The average Bonchev–Trinajstić information content (AvgIpc) is 3.19. The van der Waals surface area contributed by atoms with E-state index in [9.17, 15) is 14.4 Å². The van der Waals surface area contributed by atoms with Crippen molar-refractivity contribution in [2.75, 3.05) is 46.3 Å². The number of carbonyl (C=O) groups is 3. The summed E-state index contributed by atoms with van der Waals surface area (Å²) < 4.78 is 0. The molecule has 8 heteroatoms. The van der Waals surface area contributed by atoms with Gasteiger partial charge in [0, 0.05) is 63.3 Å². The fraction of sp³-hybridized carbons (Fsp3) is 0.591. The van der Waals surface area contributed by atoms with Crippen molar-refractivity contribution in [2.24, 2.45) is 0 Å². The van der Waals surface area contributed by atoms with Gasteiger partial charge in [-0.3, -0.25) is 19.3 Å². The quantitative estimate of drug-likeness (QED) is 0.705. The van der Waals surface area contributed by atoms with Crippen LogP contribution in [0.4, 0.5) is 0 Å². The van der Waals surface area contributed by atoms with E-state index < -0.39 is 0 Å². The van der Waals surface area contributed by atoms with Gasteiger partial charge in [-0.25, -0.2) is 0 Å². The van der Waals surface area contributed by atoms with Gasteiger partial charge in [-0.15, -0.1) is 0 Å². The highest BCUT2D eigenvalue weighted by Gasteiger charge is 2.43. The van der Waals surface area contributed by atoms with E-state index in [0.717, 1.165) is 32.6 Å². The molecule has 3 saturated heterocycles. The van der Waals surface area contributed by atoms with Crippen LogP contribution < -0.4 is 10.6 Å². The molecular weight excluding hydrogens is 382 g/mol. The van der Waals surface area contributed by atoms with E-state index in [0.29, 0.717) is 31.5 Å². The van der Waals surface area contributed by atoms with Gasteiger partial charge in [0.15, 0.2) is 0 Å². The normalized spacial score (nSPS) is 27.4. The highest BCUT2D eigenvalue weighted by molar-refractivity contribution is 5.94. The molecule has 30 heavy (non-hydrogen) atoms. The van der Waals surface area contributed by atoms with Crippen molar-refractivity contribution in [1.29, 1.82) is 0 Å². The van der Waals surface area contributed by atoms with Crippen LogP contribution in [0.5, 0.6) is 0 Å². The SMILES string of the molecule is CN1CCN(C(=O)CCC2CNC(=O)C3CC(NC(=O)c4ccccc4)CN23)CC1. The molecular formula is C22H31N5O3. The molecule has 0 aliphatic carbocycles. The Balaban J connectivity index is 1.32. The topological polar surface area (TPSA) is 85.0 Å². The van der Waals surface area contributed by atoms with Gasteiger partial charge in [-0.05, 0) is 32.0 Å². The van der Waals surface area contributed by atoms with Crippen LogP contribution in [-0.4, -0.2) is 96.9 Å². The van der Waals surface area contributed by atoms with E-state index in [1.807, 2.05) is 23.1 Å². The molecule has 3 atom stereocenters. The van der Waals surface area contributed by atoms with Crippen molar-refractivity contribution >= 4 is 17.7 Å². The van der Waals surface area contributed by atoms with Crippen LogP contribution in [0.2, 0.25) is 0 Å². The molecule has 3 unspecified atom stereocenters. The van der Waals surface area contributed by atoms with E-state index in [2.05, 4.69) is 27.5 Å². The van der Waals surface area contributed by atoms with Crippen molar-refractivity contribution in [3.05, 3.63) is 35.9 Å². The van der Waals surface area contributed by atoms with Crippen molar-refractivity contribution in [1.82, 2.24) is 25.3 Å². The highest BCUT2D eigenvalue weighted by Crippen LogP contribution is 2.26. The van der Waals surface area contributed by atoms with E-state index in [1.165, 1.54) is 0 Å². The number of rotatable bonds is 5. The molecule has 1 aromatic rings. The van der Waals surface area contributed by atoms with Gasteiger partial charge in [0.1, 0.15) is 0 Å². The number of hydrogen-bond donors (Lipinski definition) is 2. The maximum absolute atomic E-state index is 12.6. The van der Waals surface area contributed by atoms with Gasteiger partial charge < -0.3 is 20.4 Å². The third-order valence-electron chi connectivity index (χ3n) is 6.54. The zero-order chi connectivity index (χ0) is 21.1. The summed E-state index contributed by atoms with van der Waals surface area (Å²) in [6.07, 6.45) is 1.82. The molecule has 0 saturated carbocycles. The van der Waals surface area contributed by atoms with Crippen molar-refractivity contribution < 1.29 is 14.4 Å². The molecule has 4 rings (SSSR count). The number of likely N-dealkylation sites (N-methyl/N-ethyl adjacent to an activating group) is 1. The first-order chi connectivity index (χ1) is 14.5. The van der Waals surface area contributed by atoms with Gasteiger partial charge in [0.05, 0.1) is 6.04 Å². The third kappa shape index (κ3) is 4.65. The molecule has 0 radical (unpaired) electrons. The second-order valence-corrected chi connectivity index (χ2v) is 8.61. The predicted molar refractivity (Wildman–Crippen MR) is 113 cm³/mol. The molecule has 2 N–H and O–H groups in total. The maximum Gasteiger partial charge on any atom is 0.251 e. The summed E-state index contributed by atoms with van der Waals surface area (Å²) in [6, 6.07) is 8.97. The minimum atomic E-state index is -0.233. The fourth-order valence-electron chi connectivity index (χ4n) is 4.71. The number of hydrogen-bond acceptors (Lipinski definition) is 5. The summed E-state index contributed by atoms with van der Waals surface area (Å²) in [7, 11) is 2.08. The summed E-state index contributed by atoms with van der Waals surface area (Å²) in [6.45, 7) is 4.62. The largest absolute Gasteiger partial charge is 0.353 e. The first-order valence-electron chi connectivity index (χ1n) is 10.9. The second-order valence-electron chi connectivity index (χ2n) is 8.61. The number of carbonyl (C=O) groups excluding carboxylic acids is 3. The van der Waals surface area contributed by atoms with E-state index in [-0.39, 0.29) is 35.8 Å². The standard InChI is InChI=1S/C22H31N5O3/c1-25-9-11-26(12-10-25)20(28)8-7-18-14-23-22(30)19-13-17(15-27(18)19)24-21(29)16-5-3-2-4-6-16/h2-6,17-19H,7-15H2,1H3,(H,23,30)(H,24,29). The molecule has 3 aliphatic rings. The second kappa shape index (κ2) is 9.14. The number of nitrogens with one attached hydrogen (secondary N) is 2. The third-order valence-corrected chi connectivity index (χ3v) is 6.54. The Morgan fingerprint density at radius 3 is 2.60 bits per heavy atom. The number of amides is 3. The molecule has 0 aromatic heterocycles. The zero-order valence-corrected chi connectivity index (χ0v) is 17.5. The number of nitrogens with zero attached hydrogens (tertiary/aromatic N) is 3. The molecule has 3 heterocycles. The van der Waals surface area contributed by atoms with E-state index in [1.54, 1.807) is 12.1 Å². The molecule has 3 amide bonds. The van der Waals surface area contributed by atoms with Gasteiger partial charge in [-0.2, -0.15) is 0 Å². The van der Waals surface area contributed by atoms with Gasteiger partial charge in [0.25, 0.3) is 5.91 Å².